The third-order valence-corrected chi connectivity index (χ3v) is 2.90. The number of amides is 1. The van der Waals surface area contributed by atoms with Gasteiger partial charge in [0.25, 0.3) is 0 Å². The summed E-state index contributed by atoms with van der Waals surface area (Å²) in [6.07, 6.45) is 0.222. The van der Waals surface area contributed by atoms with Gasteiger partial charge >= 0.3 is 0 Å². The molecule has 0 unspecified atom stereocenters. The van der Waals surface area contributed by atoms with Crippen molar-refractivity contribution in [3.8, 4) is 0 Å². The second-order valence-corrected chi connectivity index (χ2v) is 5.31. The average Bonchev–Trinajstić information content (AvgIpc) is 2.36. The third-order valence-electron chi connectivity index (χ3n) is 2.90. The second kappa shape index (κ2) is 5.32. The van der Waals surface area contributed by atoms with E-state index in [0.29, 0.717) is 11.8 Å². The van der Waals surface area contributed by atoms with Crippen molar-refractivity contribution in [3.05, 3.63) is 24.3 Å². The lowest BCUT2D eigenvalue weighted by atomic mass is 10.00. The van der Waals surface area contributed by atoms with Gasteiger partial charge in [-0.05, 0) is 26.0 Å². The van der Waals surface area contributed by atoms with Crippen LogP contribution in [-0.2, 0) is 4.79 Å². The first-order chi connectivity index (χ1) is 9.41. The molecule has 0 saturated carbocycles. The minimum Gasteiger partial charge on any atom is -0.370 e. The molecule has 1 aromatic heterocycles. The SMILES string of the molecule is CNc1nc(NC(C)(C)CC(N)=O)c2ccccc2n1. The van der Waals surface area contributed by atoms with Gasteiger partial charge in [-0.1, -0.05) is 12.1 Å². The fraction of sp³-hybridized carbons (Fsp3) is 0.357. The zero-order valence-electron chi connectivity index (χ0n) is 11.9. The van der Waals surface area contributed by atoms with Crippen molar-refractivity contribution in [3.63, 3.8) is 0 Å². The quantitative estimate of drug-likeness (QED) is 0.771. The van der Waals surface area contributed by atoms with Gasteiger partial charge in [-0.25, -0.2) is 4.98 Å². The Labute approximate surface area is 117 Å². The smallest absolute Gasteiger partial charge is 0.224 e. The Balaban J connectivity index is 2.44. The van der Waals surface area contributed by atoms with Gasteiger partial charge in [0.2, 0.25) is 11.9 Å². The number of nitrogens with one attached hydrogen (secondary N) is 2. The van der Waals surface area contributed by atoms with Crippen LogP contribution in [0.4, 0.5) is 11.8 Å². The van der Waals surface area contributed by atoms with Crippen LogP contribution in [0, 0.1) is 0 Å². The molecule has 20 heavy (non-hydrogen) atoms. The Bertz CT molecular complexity index is 638. The summed E-state index contributed by atoms with van der Waals surface area (Å²) in [5.41, 5.74) is 5.64. The molecule has 4 N–H and O–H groups in total. The van der Waals surface area contributed by atoms with Crippen molar-refractivity contribution in [2.75, 3.05) is 17.7 Å². The molecule has 0 aliphatic rings. The summed E-state index contributed by atoms with van der Waals surface area (Å²) in [5.74, 6) is 0.863. The molecule has 6 nitrogen and oxygen atoms in total. The maximum Gasteiger partial charge on any atom is 0.224 e. The number of rotatable bonds is 5. The van der Waals surface area contributed by atoms with E-state index in [1.54, 1.807) is 7.05 Å². The molecular formula is C14H19N5O. The standard InChI is InChI=1S/C14H19N5O/c1-14(2,8-11(15)20)19-12-9-6-4-5-7-10(9)17-13(16-3)18-12/h4-7H,8H2,1-3H3,(H2,15,20)(H2,16,17,18,19). The minimum atomic E-state index is -0.478. The number of benzene rings is 1. The molecule has 1 aromatic carbocycles. The number of carbonyl (C=O) groups is 1. The zero-order chi connectivity index (χ0) is 14.8. The summed E-state index contributed by atoms with van der Waals surface area (Å²) in [4.78, 5) is 19.9. The zero-order valence-corrected chi connectivity index (χ0v) is 11.9. The van der Waals surface area contributed by atoms with E-state index in [4.69, 9.17) is 5.73 Å². The van der Waals surface area contributed by atoms with Crippen LogP contribution in [0.15, 0.2) is 24.3 Å². The van der Waals surface area contributed by atoms with Crippen LogP contribution in [-0.4, -0.2) is 28.5 Å². The predicted molar refractivity (Wildman–Crippen MR) is 80.6 cm³/mol. The number of para-hydroxylation sites is 1. The molecule has 2 aromatic rings. The van der Waals surface area contributed by atoms with Crippen LogP contribution >= 0.6 is 0 Å². The van der Waals surface area contributed by atoms with Crippen LogP contribution in [0.1, 0.15) is 20.3 Å². The molecular weight excluding hydrogens is 254 g/mol. The molecule has 0 aliphatic heterocycles. The first-order valence-corrected chi connectivity index (χ1v) is 6.42. The maximum absolute atomic E-state index is 11.1. The first kappa shape index (κ1) is 14.0. The fourth-order valence-corrected chi connectivity index (χ4v) is 2.08. The summed E-state index contributed by atoms with van der Waals surface area (Å²) in [7, 11) is 1.77. The van der Waals surface area contributed by atoms with Crippen molar-refractivity contribution < 1.29 is 4.79 Å². The van der Waals surface area contributed by atoms with Gasteiger partial charge in [0, 0.05) is 24.4 Å². The number of aromatic nitrogens is 2. The van der Waals surface area contributed by atoms with Crippen molar-refractivity contribution in [2.45, 2.75) is 25.8 Å². The van der Waals surface area contributed by atoms with Gasteiger partial charge in [-0.3, -0.25) is 4.79 Å². The minimum absolute atomic E-state index is 0.222. The number of anilines is 2. The second-order valence-electron chi connectivity index (χ2n) is 5.31. The van der Waals surface area contributed by atoms with Gasteiger partial charge in [0.05, 0.1) is 5.52 Å². The van der Waals surface area contributed by atoms with Crippen LogP contribution < -0.4 is 16.4 Å². The molecule has 106 valence electrons. The highest BCUT2D eigenvalue weighted by Crippen LogP contribution is 2.25. The summed E-state index contributed by atoms with van der Waals surface area (Å²) in [6.45, 7) is 3.82. The Morgan fingerprint density at radius 3 is 2.65 bits per heavy atom. The first-order valence-electron chi connectivity index (χ1n) is 6.42. The lowest BCUT2D eigenvalue weighted by Gasteiger charge is -2.26. The summed E-state index contributed by atoms with van der Waals surface area (Å²) in [5, 5.41) is 7.11. The van der Waals surface area contributed by atoms with Crippen LogP contribution in [0.3, 0.4) is 0 Å². The molecule has 0 radical (unpaired) electrons. The number of primary amides is 1. The molecule has 0 saturated heterocycles. The summed E-state index contributed by atoms with van der Waals surface area (Å²) >= 11 is 0. The molecule has 0 fully saturated rings. The van der Waals surface area contributed by atoms with E-state index >= 15 is 0 Å². The predicted octanol–water partition coefficient (Wildman–Crippen LogP) is 1.74. The molecule has 1 amide bonds. The maximum atomic E-state index is 11.1. The number of nitrogens with zero attached hydrogens (tertiary/aromatic N) is 2. The molecule has 0 spiro atoms. The Kier molecular flexibility index (Phi) is 3.74. The van der Waals surface area contributed by atoms with Gasteiger partial charge in [-0.15, -0.1) is 0 Å². The number of carbonyl (C=O) groups excluding carboxylic acids is 1. The molecule has 0 bridgehead atoms. The lowest BCUT2D eigenvalue weighted by molar-refractivity contribution is -0.118. The van der Waals surface area contributed by atoms with E-state index in [0.717, 1.165) is 10.9 Å². The number of nitrogens with two attached hydrogens (primary N) is 1. The Morgan fingerprint density at radius 1 is 1.30 bits per heavy atom. The van der Waals surface area contributed by atoms with E-state index in [9.17, 15) is 4.79 Å². The summed E-state index contributed by atoms with van der Waals surface area (Å²) in [6, 6.07) is 7.71. The number of fused-ring (bicyclic) bond motifs is 1. The van der Waals surface area contributed by atoms with Gasteiger partial charge < -0.3 is 16.4 Å². The van der Waals surface area contributed by atoms with E-state index in [2.05, 4.69) is 20.6 Å². The van der Waals surface area contributed by atoms with Crippen molar-refractivity contribution in [2.24, 2.45) is 5.73 Å². The largest absolute Gasteiger partial charge is 0.370 e. The van der Waals surface area contributed by atoms with Crippen molar-refractivity contribution in [1.82, 2.24) is 9.97 Å². The highest BCUT2D eigenvalue weighted by Gasteiger charge is 2.22. The van der Waals surface area contributed by atoms with Gasteiger partial charge in [0.15, 0.2) is 0 Å². The fourth-order valence-electron chi connectivity index (χ4n) is 2.08. The topological polar surface area (TPSA) is 92.9 Å². The van der Waals surface area contributed by atoms with Crippen molar-refractivity contribution in [1.29, 1.82) is 0 Å². The normalized spacial score (nSPS) is 11.3. The molecule has 6 heteroatoms. The monoisotopic (exact) mass is 273 g/mol. The highest BCUT2D eigenvalue weighted by atomic mass is 16.1. The van der Waals surface area contributed by atoms with Gasteiger partial charge in [0.1, 0.15) is 5.82 Å². The number of hydrogen-bond donors (Lipinski definition) is 3. The van der Waals surface area contributed by atoms with E-state index in [-0.39, 0.29) is 12.3 Å². The Morgan fingerprint density at radius 2 is 2.00 bits per heavy atom. The Hall–Kier alpha value is -2.37. The van der Waals surface area contributed by atoms with Crippen LogP contribution in [0.5, 0.6) is 0 Å². The third kappa shape index (κ3) is 3.14. The number of hydrogen-bond acceptors (Lipinski definition) is 5. The van der Waals surface area contributed by atoms with E-state index < -0.39 is 5.54 Å². The molecule has 1 heterocycles. The van der Waals surface area contributed by atoms with E-state index in [1.165, 1.54) is 0 Å². The van der Waals surface area contributed by atoms with Crippen LogP contribution in [0.2, 0.25) is 0 Å². The van der Waals surface area contributed by atoms with Crippen molar-refractivity contribution >= 4 is 28.6 Å². The van der Waals surface area contributed by atoms with Gasteiger partial charge in [-0.2, -0.15) is 4.98 Å². The highest BCUT2D eigenvalue weighted by molar-refractivity contribution is 5.90. The van der Waals surface area contributed by atoms with E-state index in [1.807, 2.05) is 38.1 Å². The van der Waals surface area contributed by atoms with Crippen LogP contribution in [0.25, 0.3) is 10.9 Å². The lowest BCUT2D eigenvalue weighted by Crippen LogP contribution is -2.36. The molecule has 0 atom stereocenters. The molecule has 0 aliphatic carbocycles. The average molecular weight is 273 g/mol. The molecule has 2 rings (SSSR count). The summed E-state index contributed by atoms with van der Waals surface area (Å²) < 4.78 is 0.